The highest BCUT2D eigenvalue weighted by Crippen LogP contribution is 2.62. The molecule has 5 heteroatoms. The lowest BCUT2D eigenvalue weighted by Gasteiger charge is -2.62. The number of allylic oxidation sites excluding steroid dienone is 4. The Labute approximate surface area is 179 Å². The SMILES string of the molecule is CC(=CC=C1OC(=O)C=C1C)CCC1C(C)(O)CC(O)C2C(C)(C=O)CCCC12C. The van der Waals surface area contributed by atoms with E-state index in [2.05, 4.69) is 6.92 Å². The van der Waals surface area contributed by atoms with Gasteiger partial charge in [-0.1, -0.05) is 31.9 Å². The number of hydrogen-bond donors (Lipinski definition) is 2. The predicted octanol–water partition coefficient (Wildman–Crippen LogP) is 4.24. The van der Waals surface area contributed by atoms with Crippen LogP contribution < -0.4 is 0 Å². The summed E-state index contributed by atoms with van der Waals surface area (Å²) in [6.07, 6.45) is 10.1. The van der Waals surface area contributed by atoms with Gasteiger partial charge in [-0.05, 0) is 69.4 Å². The number of rotatable bonds is 5. The van der Waals surface area contributed by atoms with Gasteiger partial charge in [0.2, 0.25) is 0 Å². The number of aliphatic hydroxyl groups is 2. The summed E-state index contributed by atoms with van der Waals surface area (Å²) in [6.45, 7) is 9.85. The van der Waals surface area contributed by atoms with Crippen LogP contribution in [0.2, 0.25) is 0 Å². The summed E-state index contributed by atoms with van der Waals surface area (Å²) >= 11 is 0. The topological polar surface area (TPSA) is 83.8 Å². The quantitative estimate of drug-likeness (QED) is 0.517. The van der Waals surface area contributed by atoms with Crippen molar-refractivity contribution in [2.45, 2.75) is 84.8 Å². The highest BCUT2D eigenvalue weighted by molar-refractivity contribution is 5.88. The Balaban J connectivity index is 1.80. The minimum atomic E-state index is -0.981. The van der Waals surface area contributed by atoms with Crippen LogP contribution in [0, 0.1) is 22.7 Å². The van der Waals surface area contributed by atoms with Crippen molar-refractivity contribution >= 4 is 12.3 Å². The van der Waals surface area contributed by atoms with E-state index < -0.39 is 17.1 Å². The van der Waals surface area contributed by atoms with Crippen molar-refractivity contribution in [3.8, 4) is 0 Å². The van der Waals surface area contributed by atoms with Crippen LogP contribution in [0.4, 0.5) is 0 Å². The van der Waals surface area contributed by atoms with Crippen molar-refractivity contribution in [1.82, 2.24) is 0 Å². The van der Waals surface area contributed by atoms with Crippen molar-refractivity contribution in [1.29, 1.82) is 0 Å². The minimum absolute atomic E-state index is 0.0140. The molecule has 0 saturated heterocycles. The summed E-state index contributed by atoms with van der Waals surface area (Å²) in [7, 11) is 0. The first-order valence-electron chi connectivity index (χ1n) is 11.1. The van der Waals surface area contributed by atoms with Crippen molar-refractivity contribution in [3.05, 3.63) is 35.1 Å². The number of hydrogen-bond acceptors (Lipinski definition) is 5. The molecule has 3 rings (SSSR count). The maximum Gasteiger partial charge on any atom is 0.336 e. The lowest BCUT2D eigenvalue weighted by atomic mass is 9.44. The molecule has 0 aromatic carbocycles. The van der Waals surface area contributed by atoms with Gasteiger partial charge in [0.25, 0.3) is 0 Å². The molecule has 3 aliphatic rings. The molecule has 2 saturated carbocycles. The van der Waals surface area contributed by atoms with E-state index in [0.717, 1.165) is 49.5 Å². The fraction of sp³-hybridized carbons (Fsp3) is 0.680. The van der Waals surface area contributed by atoms with E-state index in [9.17, 15) is 19.8 Å². The molecule has 5 nitrogen and oxygen atoms in total. The molecule has 0 radical (unpaired) electrons. The second-order valence-electron chi connectivity index (χ2n) is 10.5. The van der Waals surface area contributed by atoms with E-state index in [1.54, 1.807) is 0 Å². The van der Waals surface area contributed by atoms with Gasteiger partial charge >= 0.3 is 5.97 Å². The summed E-state index contributed by atoms with van der Waals surface area (Å²) in [5, 5.41) is 22.2. The number of ether oxygens (including phenoxy) is 1. The molecule has 0 spiro atoms. The Morgan fingerprint density at radius 2 is 2.00 bits per heavy atom. The smallest absolute Gasteiger partial charge is 0.336 e. The van der Waals surface area contributed by atoms with Crippen LogP contribution in [0.25, 0.3) is 0 Å². The Morgan fingerprint density at radius 3 is 2.60 bits per heavy atom. The van der Waals surface area contributed by atoms with Crippen LogP contribution in [-0.2, 0) is 14.3 Å². The zero-order valence-electron chi connectivity index (χ0n) is 18.9. The third kappa shape index (κ3) is 4.06. The normalized spacial score (nSPS) is 43.2. The number of cyclic esters (lactones) is 1. The minimum Gasteiger partial charge on any atom is -0.423 e. The fourth-order valence-electron chi connectivity index (χ4n) is 6.66. The number of carbonyl (C=O) groups excluding carboxylic acids is 2. The van der Waals surface area contributed by atoms with Crippen LogP contribution in [0.3, 0.4) is 0 Å². The van der Waals surface area contributed by atoms with Gasteiger partial charge in [-0.15, -0.1) is 0 Å². The van der Waals surface area contributed by atoms with Gasteiger partial charge in [0.15, 0.2) is 0 Å². The Kier molecular flexibility index (Phi) is 6.18. The number of aldehydes is 1. The third-order valence-electron chi connectivity index (χ3n) is 7.96. The van der Waals surface area contributed by atoms with Gasteiger partial charge in [-0.25, -0.2) is 4.79 Å². The maximum atomic E-state index is 12.0. The van der Waals surface area contributed by atoms with Gasteiger partial charge in [0.05, 0.1) is 11.7 Å². The van der Waals surface area contributed by atoms with E-state index in [4.69, 9.17) is 4.74 Å². The van der Waals surface area contributed by atoms with Crippen molar-refractivity contribution in [3.63, 3.8) is 0 Å². The van der Waals surface area contributed by atoms with Crippen LogP contribution >= 0.6 is 0 Å². The average molecular weight is 417 g/mol. The molecule has 30 heavy (non-hydrogen) atoms. The van der Waals surface area contributed by atoms with E-state index >= 15 is 0 Å². The molecule has 0 amide bonds. The highest BCUT2D eigenvalue weighted by atomic mass is 16.5. The molecule has 166 valence electrons. The van der Waals surface area contributed by atoms with E-state index in [1.807, 2.05) is 39.8 Å². The fourth-order valence-corrected chi connectivity index (χ4v) is 6.66. The summed E-state index contributed by atoms with van der Waals surface area (Å²) in [5.41, 5.74) is 0.124. The Morgan fingerprint density at radius 1 is 1.30 bits per heavy atom. The summed E-state index contributed by atoms with van der Waals surface area (Å²) in [6, 6.07) is 0. The van der Waals surface area contributed by atoms with Crippen molar-refractivity contribution in [2.75, 3.05) is 0 Å². The van der Waals surface area contributed by atoms with Crippen LogP contribution in [0.15, 0.2) is 35.1 Å². The zero-order chi connectivity index (χ0) is 22.3. The van der Waals surface area contributed by atoms with Crippen LogP contribution in [-0.4, -0.2) is 34.2 Å². The first-order chi connectivity index (χ1) is 13.9. The first-order valence-corrected chi connectivity index (χ1v) is 11.1. The molecule has 2 fully saturated rings. The van der Waals surface area contributed by atoms with Gasteiger partial charge in [0.1, 0.15) is 12.0 Å². The molecule has 1 heterocycles. The molecule has 0 bridgehead atoms. The lowest BCUT2D eigenvalue weighted by Crippen LogP contribution is -2.63. The lowest BCUT2D eigenvalue weighted by molar-refractivity contribution is -0.213. The summed E-state index contributed by atoms with van der Waals surface area (Å²) in [5.74, 6) is 0.0859. The number of carbonyl (C=O) groups is 2. The molecular weight excluding hydrogens is 380 g/mol. The second kappa shape index (κ2) is 8.08. The Hall–Kier alpha value is -1.72. The molecule has 2 aliphatic carbocycles. The molecule has 6 atom stereocenters. The van der Waals surface area contributed by atoms with Crippen molar-refractivity contribution < 1.29 is 24.5 Å². The summed E-state index contributed by atoms with van der Waals surface area (Å²) < 4.78 is 5.17. The molecule has 2 N–H and O–H groups in total. The van der Waals surface area contributed by atoms with Gasteiger partial charge < -0.3 is 19.7 Å². The average Bonchev–Trinajstić information content (AvgIpc) is 2.95. The highest BCUT2D eigenvalue weighted by Gasteiger charge is 2.62. The largest absolute Gasteiger partial charge is 0.423 e. The van der Waals surface area contributed by atoms with E-state index in [0.29, 0.717) is 12.2 Å². The zero-order valence-corrected chi connectivity index (χ0v) is 18.9. The van der Waals surface area contributed by atoms with Crippen LogP contribution in [0.1, 0.15) is 73.1 Å². The second-order valence-corrected chi connectivity index (χ2v) is 10.5. The van der Waals surface area contributed by atoms with Gasteiger partial charge in [0, 0.05) is 23.8 Å². The number of esters is 1. The first kappa shape index (κ1) is 23.0. The summed E-state index contributed by atoms with van der Waals surface area (Å²) in [4.78, 5) is 23.3. The van der Waals surface area contributed by atoms with Gasteiger partial charge in [-0.2, -0.15) is 0 Å². The monoisotopic (exact) mass is 416 g/mol. The molecule has 6 unspecified atom stereocenters. The molecule has 0 aromatic heterocycles. The standard InChI is InChI=1S/C25H36O5/c1-16(7-9-19-17(2)13-21(28)30-19)8-10-20-24(4)12-6-11-23(3,15-26)22(24)18(27)14-25(20,5)29/h7,9,13,15,18,20,22,27,29H,6,8,10-12,14H2,1-5H3. The molecular formula is C25H36O5. The predicted molar refractivity (Wildman–Crippen MR) is 115 cm³/mol. The van der Waals surface area contributed by atoms with E-state index in [-0.39, 0.29) is 23.2 Å². The van der Waals surface area contributed by atoms with Crippen LogP contribution in [0.5, 0.6) is 0 Å². The Bertz CT molecular complexity index is 804. The molecule has 0 aromatic rings. The number of aliphatic hydroxyl groups excluding tert-OH is 1. The van der Waals surface area contributed by atoms with E-state index in [1.165, 1.54) is 6.08 Å². The van der Waals surface area contributed by atoms with Crippen molar-refractivity contribution in [2.24, 2.45) is 22.7 Å². The third-order valence-corrected chi connectivity index (χ3v) is 7.96. The van der Waals surface area contributed by atoms with Gasteiger partial charge in [-0.3, -0.25) is 0 Å². The maximum absolute atomic E-state index is 12.0. The number of fused-ring (bicyclic) bond motifs is 1. The molecule has 1 aliphatic heterocycles.